The van der Waals surface area contributed by atoms with E-state index >= 15 is 0 Å². The number of benzene rings is 1. The van der Waals surface area contributed by atoms with E-state index in [1.807, 2.05) is 18.2 Å². The number of ether oxygens (including phenoxy) is 2. The molecule has 0 heterocycles. The number of hydrogen-bond acceptors (Lipinski definition) is 4. The monoisotopic (exact) mass is 251 g/mol. The number of hydrogen-bond donors (Lipinski definition) is 1. The van der Waals surface area contributed by atoms with Crippen molar-refractivity contribution in [2.24, 2.45) is 0 Å². The van der Waals surface area contributed by atoms with Crippen molar-refractivity contribution >= 4 is 11.7 Å². The van der Waals surface area contributed by atoms with Gasteiger partial charge in [0.05, 0.1) is 19.4 Å². The molecule has 0 unspecified atom stereocenters. The molecule has 0 bridgehead atoms. The van der Waals surface area contributed by atoms with Crippen molar-refractivity contribution in [2.75, 3.05) is 25.6 Å². The Bertz CT molecular complexity index is 402. The number of rotatable bonds is 6. The maximum atomic E-state index is 11.3. The highest BCUT2D eigenvalue weighted by Crippen LogP contribution is 2.28. The third-order valence-corrected chi connectivity index (χ3v) is 2.62. The van der Waals surface area contributed by atoms with Crippen LogP contribution in [0.25, 0.3) is 0 Å². The summed E-state index contributed by atoms with van der Waals surface area (Å²) >= 11 is 0. The van der Waals surface area contributed by atoms with Gasteiger partial charge < -0.3 is 14.8 Å². The summed E-state index contributed by atoms with van der Waals surface area (Å²) in [5.74, 6) is 0.886. The molecule has 0 saturated carbocycles. The molecule has 0 amide bonds. The number of anilines is 1. The van der Waals surface area contributed by atoms with Crippen LogP contribution in [0.15, 0.2) is 18.2 Å². The third-order valence-electron chi connectivity index (χ3n) is 2.62. The van der Waals surface area contributed by atoms with Crippen LogP contribution >= 0.6 is 0 Å². The minimum absolute atomic E-state index is 0.145. The summed E-state index contributed by atoms with van der Waals surface area (Å²) in [6.45, 7) is 6.57. The molecular formula is C14H21NO3. The molecule has 1 aromatic rings. The molecule has 0 aliphatic rings. The number of esters is 1. The average molecular weight is 251 g/mol. The smallest absolute Gasteiger partial charge is 0.325 e. The van der Waals surface area contributed by atoms with Crippen LogP contribution in [-0.2, 0) is 9.53 Å². The lowest BCUT2D eigenvalue weighted by Crippen LogP contribution is -2.17. The number of carbonyl (C=O) groups is 1. The van der Waals surface area contributed by atoms with Crippen molar-refractivity contribution in [1.29, 1.82) is 0 Å². The lowest BCUT2D eigenvalue weighted by Gasteiger charge is -2.14. The molecule has 1 rings (SSSR count). The number of carbonyl (C=O) groups excluding carboxylic acids is 1. The summed E-state index contributed by atoms with van der Waals surface area (Å²) in [5, 5.41) is 3.04. The van der Waals surface area contributed by atoms with Gasteiger partial charge in [0, 0.05) is 0 Å². The molecule has 0 atom stereocenters. The molecule has 0 saturated heterocycles. The van der Waals surface area contributed by atoms with Crippen LogP contribution in [0.4, 0.5) is 5.69 Å². The molecule has 100 valence electrons. The van der Waals surface area contributed by atoms with Crippen LogP contribution in [-0.4, -0.2) is 26.2 Å². The molecule has 18 heavy (non-hydrogen) atoms. The van der Waals surface area contributed by atoms with E-state index in [-0.39, 0.29) is 12.5 Å². The zero-order chi connectivity index (χ0) is 13.5. The van der Waals surface area contributed by atoms with Crippen LogP contribution < -0.4 is 10.1 Å². The first-order valence-corrected chi connectivity index (χ1v) is 6.15. The molecule has 1 aromatic carbocycles. The largest absolute Gasteiger partial charge is 0.495 e. The van der Waals surface area contributed by atoms with E-state index < -0.39 is 0 Å². The summed E-state index contributed by atoms with van der Waals surface area (Å²) in [6.07, 6.45) is 0. The molecule has 0 fully saturated rings. The molecule has 4 nitrogen and oxygen atoms in total. The van der Waals surface area contributed by atoms with Crippen molar-refractivity contribution in [3.63, 3.8) is 0 Å². The molecule has 0 aromatic heterocycles. The van der Waals surface area contributed by atoms with E-state index in [0.29, 0.717) is 12.5 Å². The van der Waals surface area contributed by atoms with Gasteiger partial charge in [-0.25, -0.2) is 0 Å². The SMILES string of the molecule is CCOC(=O)CNc1cc(C(C)C)ccc1OC. The highest BCUT2D eigenvalue weighted by atomic mass is 16.5. The normalized spacial score (nSPS) is 10.3. The van der Waals surface area contributed by atoms with Gasteiger partial charge in [-0.3, -0.25) is 4.79 Å². The molecule has 0 aliphatic heterocycles. The molecule has 1 N–H and O–H groups in total. The van der Waals surface area contributed by atoms with E-state index in [0.717, 1.165) is 11.4 Å². The fourth-order valence-corrected chi connectivity index (χ4v) is 1.60. The van der Waals surface area contributed by atoms with Gasteiger partial charge in [-0.1, -0.05) is 19.9 Å². The van der Waals surface area contributed by atoms with Crippen LogP contribution in [0.5, 0.6) is 5.75 Å². The Morgan fingerprint density at radius 2 is 2.11 bits per heavy atom. The molecule has 0 radical (unpaired) electrons. The predicted molar refractivity (Wildman–Crippen MR) is 72.2 cm³/mol. The molecule has 4 heteroatoms. The summed E-state index contributed by atoms with van der Waals surface area (Å²) in [6, 6.07) is 5.94. The van der Waals surface area contributed by atoms with E-state index in [1.165, 1.54) is 5.56 Å². The maximum absolute atomic E-state index is 11.3. The van der Waals surface area contributed by atoms with Crippen LogP contribution in [0.2, 0.25) is 0 Å². The zero-order valence-electron chi connectivity index (χ0n) is 11.4. The summed E-state index contributed by atoms with van der Waals surface area (Å²) in [7, 11) is 1.61. The van der Waals surface area contributed by atoms with Crippen molar-refractivity contribution in [3.8, 4) is 5.75 Å². The van der Waals surface area contributed by atoms with Crippen LogP contribution in [0.1, 0.15) is 32.3 Å². The van der Waals surface area contributed by atoms with E-state index in [2.05, 4.69) is 19.2 Å². The Kier molecular flexibility index (Phi) is 5.49. The van der Waals surface area contributed by atoms with E-state index in [4.69, 9.17) is 9.47 Å². The van der Waals surface area contributed by atoms with Gasteiger partial charge in [0.25, 0.3) is 0 Å². The van der Waals surface area contributed by atoms with Crippen molar-refractivity contribution in [3.05, 3.63) is 23.8 Å². The average Bonchev–Trinajstić information content (AvgIpc) is 2.36. The molecule has 0 aliphatic carbocycles. The predicted octanol–water partition coefficient (Wildman–Crippen LogP) is 2.79. The lowest BCUT2D eigenvalue weighted by molar-refractivity contribution is -0.140. The van der Waals surface area contributed by atoms with Crippen molar-refractivity contribution in [1.82, 2.24) is 0 Å². The van der Waals surface area contributed by atoms with Gasteiger partial charge in [-0.15, -0.1) is 0 Å². The first-order chi connectivity index (χ1) is 8.58. The van der Waals surface area contributed by atoms with Gasteiger partial charge in [-0.05, 0) is 30.5 Å². The van der Waals surface area contributed by atoms with Crippen LogP contribution in [0.3, 0.4) is 0 Å². The second-order valence-electron chi connectivity index (χ2n) is 4.27. The van der Waals surface area contributed by atoms with Gasteiger partial charge in [0.2, 0.25) is 0 Å². The van der Waals surface area contributed by atoms with Gasteiger partial charge >= 0.3 is 5.97 Å². The first kappa shape index (κ1) is 14.4. The van der Waals surface area contributed by atoms with Crippen LogP contribution in [0, 0.1) is 0 Å². The second-order valence-corrected chi connectivity index (χ2v) is 4.27. The van der Waals surface area contributed by atoms with Crippen molar-refractivity contribution < 1.29 is 14.3 Å². The summed E-state index contributed by atoms with van der Waals surface area (Å²) in [4.78, 5) is 11.3. The molecular weight excluding hydrogens is 230 g/mol. The highest BCUT2D eigenvalue weighted by Gasteiger charge is 2.08. The van der Waals surface area contributed by atoms with E-state index in [9.17, 15) is 4.79 Å². The van der Waals surface area contributed by atoms with Crippen molar-refractivity contribution in [2.45, 2.75) is 26.7 Å². The minimum Gasteiger partial charge on any atom is -0.495 e. The minimum atomic E-state index is -0.269. The van der Waals surface area contributed by atoms with Gasteiger partial charge in [0.15, 0.2) is 0 Å². The van der Waals surface area contributed by atoms with Gasteiger partial charge in [0.1, 0.15) is 12.3 Å². The highest BCUT2D eigenvalue weighted by molar-refractivity contribution is 5.76. The third kappa shape index (κ3) is 3.95. The Morgan fingerprint density at radius 1 is 1.39 bits per heavy atom. The summed E-state index contributed by atoms with van der Waals surface area (Å²) < 4.78 is 10.1. The Balaban J connectivity index is 2.78. The Labute approximate surface area is 108 Å². The van der Waals surface area contributed by atoms with Gasteiger partial charge in [-0.2, -0.15) is 0 Å². The fourth-order valence-electron chi connectivity index (χ4n) is 1.60. The summed E-state index contributed by atoms with van der Waals surface area (Å²) in [5.41, 5.74) is 2.01. The zero-order valence-corrected chi connectivity index (χ0v) is 11.4. The lowest BCUT2D eigenvalue weighted by atomic mass is 10.0. The number of nitrogens with one attached hydrogen (secondary N) is 1. The fraction of sp³-hybridized carbons (Fsp3) is 0.500. The topological polar surface area (TPSA) is 47.6 Å². The maximum Gasteiger partial charge on any atom is 0.325 e. The number of methoxy groups -OCH3 is 1. The quantitative estimate of drug-likeness (QED) is 0.790. The second kappa shape index (κ2) is 6.89. The first-order valence-electron chi connectivity index (χ1n) is 6.15. The Hall–Kier alpha value is -1.71. The van der Waals surface area contributed by atoms with E-state index in [1.54, 1.807) is 14.0 Å². The standard InChI is InChI=1S/C14H21NO3/c1-5-18-14(16)9-15-12-8-11(10(2)3)6-7-13(12)17-4/h6-8,10,15H,5,9H2,1-4H3. The Morgan fingerprint density at radius 3 is 2.67 bits per heavy atom. The molecule has 0 spiro atoms.